The van der Waals surface area contributed by atoms with Crippen LogP contribution in [0.1, 0.15) is 13.8 Å². The number of Topliss-reactive ketones (excluding diaryl/α,β-unsaturated/α-hetero) is 1. The number of halogens is 1. The Kier molecular flexibility index (Phi) is 7.43. The van der Waals surface area contributed by atoms with Crippen LogP contribution in [0.2, 0.25) is 5.21 Å². The summed E-state index contributed by atoms with van der Waals surface area (Å²) in [6, 6.07) is 32.0. The van der Waals surface area contributed by atoms with Gasteiger partial charge in [-0.2, -0.15) is 0 Å². The van der Waals surface area contributed by atoms with E-state index in [9.17, 15) is 4.79 Å². The molecule has 0 fully saturated rings. The van der Waals surface area contributed by atoms with Crippen molar-refractivity contribution < 1.29 is 21.8 Å². The largest absolute Gasteiger partial charge is 1.00 e. The zero-order valence-electron chi connectivity index (χ0n) is 15.2. The van der Waals surface area contributed by atoms with Crippen LogP contribution in [-0.2, 0) is 4.79 Å². The summed E-state index contributed by atoms with van der Waals surface area (Å²) < 4.78 is 3.98. The van der Waals surface area contributed by atoms with Gasteiger partial charge in [0.25, 0.3) is 0 Å². The topological polar surface area (TPSA) is 17.1 Å². The van der Waals surface area contributed by atoms with Gasteiger partial charge in [-0.15, -0.1) is 0 Å². The van der Waals surface area contributed by atoms with Crippen molar-refractivity contribution in [3.63, 3.8) is 0 Å². The molecule has 1 nitrogen and oxygen atoms in total. The fourth-order valence-electron chi connectivity index (χ4n) is 3.18. The van der Waals surface area contributed by atoms with Gasteiger partial charge in [-0.25, -0.2) is 0 Å². The standard InChI is InChI=1S/C23H24AsO.BrH/c1-19(2)23(25)18-24(20-12-6-3-7-13-20,21-14-8-4-9-15-21)22-16-10-5-11-17-22;/h3-17,19H,18H2,1-2H3;1H/q+1;/p-1. The minimum atomic E-state index is -2.86. The third-order valence-corrected chi connectivity index (χ3v) is 13.7. The summed E-state index contributed by atoms with van der Waals surface area (Å²) in [5.41, 5.74) is 0. The molecule has 3 aromatic rings. The molecule has 0 atom stereocenters. The molecule has 0 aromatic heterocycles. The summed E-state index contributed by atoms with van der Waals surface area (Å²) in [4.78, 5) is 12.9. The zero-order chi connectivity index (χ0) is 17.7. The van der Waals surface area contributed by atoms with Crippen molar-refractivity contribution in [1.29, 1.82) is 0 Å². The molecule has 0 heterocycles. The molecule has 0 spiro atoms. The van der Waals surface area contributed by atoms with E-state index in [4.69, 9.17) is 0 Å². The monoisotopic (exact) mass is 470 g/mol. The molecular formula is C23H24AsBrO. The summed E-state index contributed by atoms with van der Waals surface area (Å²) in [7, 11) is 0. The van der Waals surface area contributed by atoms with Crippen LogP contribution >= 0.6 is 0 Å². The summed E-state index contributed by atoms with van der Waals surface area (Å²) in [5.74, 6) is 0.404. The molecule has 0 saturated heterocycles. The second-order valence-electron chi connectivity index (χ2n) is 6.60. The van der Waals surface area contributed by atoms with Crippen LogP contribution < -0.4 is 30.0 Å². The number of carbonyl (C=O) groups is 1. The van der Waals surface area contributed by atoms with Gasteiger partial charge in [-0.05, 0) is 0 Å². The van der Waals surface area contributed by atoms with Gasteiger partial charge in [0.2, 0.25) is 0 Å². The van der Waals surface area contributed by atoms with Crippen LogP contribution in [0.3, 0.4) is 0 Å². The van der Waals surface area contributed by atoms with E-state index < -0.39 is 13.6 Å². The van der Waals surface area contributed by atoms with Gasteiger partial charge in [0, 0.05) is 0 Å². The van der Waals surface area contributed by atoms with Gasteiger partial charge in [0.1, 0.15) is 0 Å². The van der Waals surface area contributed by atoms with E-state index in [0.29, 0.717) is 11.0 Å². The summed E-state index contributed by atoms with van der Waals surface area (Å²) in [6.45, 7) is 4.02. The molecule has 0 unspecified atom stereocenters. The van der Waals surface area contributed by atoms with Crippen molar-refractivity contribution in [1.82, 2.24) is 0 Å². The van der Waals surface area contributed by atoms with Crippen molar-refractivity contribution in [2.24, 2.45) is 5.92 Å². The van der Waals surface area contributed by atoms with Gasteiger partial charge < -0.3 is 17.0 Å². The predicted molar refractivity (Wildman–Crippen MR) is 109 cm³/mol. The van der Waals surface area contributed by atoms with Crippen LogP contribution in [0.5, 0.6) is 0 Å². The van der Waals surface area contributed by atoms with Crippen molar-refractivity contribution in [2.75, 3.05) is 0 Å². The molecule has 0 bridgehead atoms. The molecule has 0 N–H and O–H groups in total. The van der Waals surface area contributed by atoms with Crippen molar-refractivity contribution in [3.05, 3.63) is 91.0 Å². The van der Waals surface area contributed by atoms with Crippen LogP contribution in [0.4, 0.5) is 0 Å². The van der Waals surface area contributed by atoms with Crippen LogP contribution in [0.15, 0.2) is 91.0 Å². The predicted octanol–water partition coefficient (Wildman–Crippen LogP) is 0.386. The van der Waals surface area contributed by atoms with Crippen LogP contribution in [-0.4, -0.2) is 19.3 Å². The molecule has 0 amide bonds. The summed E-state index contributed by atoms with van der Waals surface area (Å²) in [6.07, 6.45) is 0. The molecule has 0 aliphatic rings. The maximum absolute atomic E-state index is 12.9. The van der Waals surface area contributed by atoms with Crippen LogP contribution in [0.25, 0.3) is 0 Å². The Morgan fingerprint density at radius 3 is 1.27 bits per heavy atom. The van der Waals surface area contributed by atoms with Crippen LogP contribution in [0, 0.1) is 5.92 Å². The first kappa shape index (κ1) is 20.7. The minimum absolute atomic E-state index is 0. The first-order chi connectivity index (χ1) is 12.1. The normalized spacial score (nSPS) is 11.0. The van der Waals surface area contributed by atoms with Gasteiger partial charge in [0.15, 0.2) is 0 Å². The summed E-state index contributed by atoms with van der Waals surface area (Å²) in [5, 5.41) is 0.633. The van der Waals surface area contributed by atoms with E-state index in [1.54, 1.807) is 0 Å². The molecule has 0 aliphatic carbocycles. The number of hydrogen-bond donors (Lipinski definition) is 0. The Bertz CT molecular complexity index is 720. The van der Waals surface area contributed by atoms with Crippen molar-refractivity contribution >= 4 is 32.4 Å². The SMILES string of the molecule is CC(C)C(=O)C[As+](c1ccccc1)(c1ccccc1)c1ccccc1.[Br-]. The number of carbonyl (C=O) groups excluding carboxylic acids is 1. The number of rotatable bonds is 6. The van der Waals surface area contributed by atoms with Gasteiger partial charge in [-0.3, -0.25) is 0 Å². The zero-order valence-corrected chi connectivity index (χ0v) is 18.6. The average molecular weight is 471 g/mol. The van der Waals surface area contributed by atoms with Crippen molar-refractivity contribution in [2.45, 2.75) is 19.1 Å². The molecule has 0 radical (unpaired) electrons. The molecule has 3 heteroatoms. The van der Waals surface area contributed by atoms with Gasteiger partial charge in [0.05, 0.1) is 0 Å². The van der Waals surface area contributed by atoms with E-state index in [2.05, 4.69) is 72.8 Å². The first-order valence-electron chi connectivity index (χ1n) is 8.72. The third-order valence-electron chi connectivity index (χ3n) is 4.63. The number of hydrogen-bond acceptors (Lipinski definition) is 1. The molecule has 3 rings (SSSR count). The van der Waals surface area contributed by atoms with Gasteiger partial charge in [-0.1, -0.05) is 0 Å². The molecule has 0 saturated carbocycles. The Morgan fingerprint density at radius 1 is 0.692 bits per heavy atom. The molecule has 0 aliphatic heterocycles. The molecule has 3 aromatic carbocycles. The molecule has 134 valence electrons. The minimum Gasteiger partial charge on any atom is -1.00 e. The summed E-state index contributed by atoms with van der Waals surface area (Å²) >= 11 is -2.86. The van der Waals surface area contributed by atoms with E-state index in [-0.39, 0.29) is 22.9 Å². The fourth-order valence-corrected chi connectivity index (χ4v) is 12.2. The van der Waals surface area contributed by atoms with E-state index in [1.807, 2.05) is 32.0 Å². The second kappa shape index (κ2) is 9.35. The Morgan fingerprint density at radius 2 is 1.00 bits per heavy atom. The Labute approximate surface area is 169 Å². The fraction of sp³-hybridized carbons (Fsp3) is 0.174. The number of benzene rings is 3. The maximum atomic E-state index is 12.9. The molecule has 26 heavy (non-hydrogen) atoms. The average Bonchev–Trinajstić information content (AvgIpc) is 2.68. The Balaban J connectivity index is 0.00000243. The van der Waals surface area contributed by atoms with Gasteiger partial charge >= 0.3 is 153 Å². The van der Waals surface area contributed by atoms with Crippen molar-refractivity contribution in [3.8, 4) is 0 Å². The smallest absolute Gasteiger partial charge is 1.00 e. The van der Waals surface area contributed by atoms with E-state index in [0.717, 1.165) is 0 Å². The second-order valence-corrected chi connectivity index (χ2v) is 13.9. The van der Waals surface area contributed by atoms with E-state index >= 15 is 0 Å². The first-order valence-corrected chi connectivity index (χ1v) is 12.9. The quantitative estimate of drug-likeness (QED) is 0.476. The van der Waals surface area contributed by atoms with E-state index in [1.165, 1.54) is 13.1 Å². The molecular weight excluding hydrogens is 447 g/mol. The maximum Gasteiger partial charge on any atom is -1.00 e. The third kappa shape index (κ3) is 4.19. The Hall–Kier alpha value is -1.63. The number of ketones is 1.